The van der Waals surface area contributed by atoms with Crippen molar-refractivity contribution in [3.05, 3.63) is 24.3 Å². The molecule has 0 rings (SSSR count). The Hall–Kier alpha value is -1.02. The molecule has 8 nitrogen and oxygen atoms in total. The van der Waals surface area contributed by atoms with E-state index in [2.05, 4.69) is 43.5 Å². The summed E-state index contributed by atoms with van der Waals surface area (Å²) in [5.74, 6) is -0.176. The molecule has 0 aliphatic rings. The summed E-state index contributed by atoms with van der Waals surface area (Å²) in [5.41, 5.74) is 0. The van der Waals surface area contributed by atoms with Gasteiger partial charge in [0, 0.05) is 6.42 Å². The zero-order chi connectivity index (χ0) is 40.7. The van der Waals surface area contributed by atoms with E-state index < -0.39 is 20.0 Å². The predicted octanol–water partition coefficient (Wildman–Crippen LogP) is 12.3. The van der Waals surface area contributed by atoms with Crippen molar-refractivity contribution in [2.24, 2.45) is 0 Å². The summed E-state index contributed by atoms with van der Waals surface area (Å²) in [6.45, 7) is 4.69. The Balaban J connectivity index is 4.34. The number of phosphoric acid groups is 1. The first-order chi connectivity index (χ1) is 26.5. The smallest absolute Gasteiger partial charge is 0.268 e. The summed E-state index contributed by atoms with van der Waals surface area (Å²) in [5, 5.41) is 13.9. The van der Waals surface area contributed by atoms with Crippen LogP contribution in [0.5, 0.6) is 0 Å². The van der Waals surface area contributed by atoms with Crippen LogP contribution in [-0.2, 0) is 18.4 Å². The maximum absolute atomic E-state index is 12.9. The van der Waals surface area contributed by atoms with Crippen molar-refractivity contribution in [3.63, 3.8) is 0 Å². The summed E-state index contributed by atoms with van der Waals surface area (Å²) in [6, 6.07) is -0.804. The Labute approximate surface area is 341 Å². The summed E-state index contributed by atoms with van der Waals surface area (Å²) in [7, 11) is 1.30. The number of nitrogens with zero attached hydrogens (tertiary/aromatic N) is 1. The largest absolute Gasteiger partial charge is 0.756 e. The number of allylic oxidation sites excluding steroid dienone is 4. The van der Waals surface area contributed by atoms with Gasteiger partial charge in [-0.3, -0.25) is 9.36 Å². The van der Waals surface area contributed by atoms with Crippen LogP contribution in [0.3, 0.4) is 0 Å². The number of likely N-dealkylation sites (N-methyl/N-ethyl adjacent to an activating group) is 1. The minimum Gasteiger partial charge on any atom is -0.756 e. The number of amides is 1. The first-order valence-corrected chi connectivity index (χ1v) is 24.7. The van der Waals surface area contributed by atoms with E-state index in [0.717, 1.165) is 51.4 Å². The van der Waals surface area contributed by atoms with Crippen LogP contribution in [0.25, 0.3) is 0 Å². The molecule has 55 heavy (non-hydrogen) atoms. The van der Waals surface area contributed by atoms with Gasteiger partial charge in [0.05, 0.1) is 39.9 Å². The average Bonchev–Trinajstić information content (AvgIpc) is 3.13. The van der Waals surface area contributed by atoms with Crippen LogP contribution in [0.4, 0.5) is 0 Å². The van der Waals surface area contributed by atoms with Gasteiger partial charge < -0.3 is 28.8 Å². The van der Waals surface area contributed by atoms with Gasteiger partial charge in [-0.05, 0) is 38.5 Å². The lowest BCUT2D eigenvalue weighted by atomic mass is 10.0. The SMILES string of the molecule is CCCCC/C=C\C=C/CCCCCCCCC(=O)NC(COP(=O)([O-])OCC[N+](C)(C)C)C(O)CCCCCCCCCCCCCCCCCCCC. The zero-order valence-electron chi connectivity index (χ0n) is 36.9. The van der Waals surface area contributed by atoms with Gasteiger partial charge in [0.25, 0.3) is 7.82 Å². The fourth-order valence-corrected chi connectivity index (χ4v) is 7.46. The highest BCUT2D eigenvalue weighted by atomic mass is 31.2. The van der Waals surface area contributed by atoms with E-state index in [4.69, 9.17) is 9.05 Å². The van der Waals surface area contributed by atoms with E-state index in [1.807, 2.05) is 21.1 Å². The molecule has 0 spiro atoms. The Kier molecular flexibility index (Phi) is 37.8. The van der Waals surface area contributed by atoms with Gasteiger partial charge in [-0.25, -0.2) is 0 Å². The van der Waals surface area contributed by atoms with Crippen LogP contribution in [-0.4, -0.2) is 68.5 Å². The highest BCUT2D eigenvalue weighted by Gasteiger charge is 2.24. The number of aliphatic hydroxyl groups excluding tert-OH is 1. The van der Waals surface area contributed by atoms with Gasteiger partial charge in [0.15, 0.2) is 0 Å². The van der Waals surface area contributed by atoms with Gasteiger partial charge in [0.2, 0.25) is 5.91 Å². The van der Waals surface area contributed by atoms with Crippen LogP contribution < -0.4 is 10.2 Å². The Morgan fingerprint density at radius 2 is 1.04 bits per heavy atom. The number of unbranched alkanes of at least 4 members (excludes halogenated alkanes) is 26. The summed E-state index contributed by atoms with van der Waals surface area (Å²) in [6.07, 6.45) is 44.6. The van der Waals surface area contributed by atoms with Gasteiger partial charge in [0.1, 0.15) is 13.2 Å². The third kappa shape index (κ3) is 41.0. The minimum atomic E-state index is -4.57. The zero-order valence-corrected chi connectivity index (χ0v) is 37.8. The highest BCUT2D eigenvalue weighted by molar-refractivity contribution is 7.45. The van der Waals surface area contributed by atoms with Crippen molar-refractivity contribution in [2.75, 3.05) is 40.9 Å². The van der Waals surface area contributed by atoms with Crippen LogP contribution in [0.1, 0.15) is 213 Å². The maximum Gasteiger partial charge on any atom is 0.268 e. The first-order valence-electron chi connectivity index (χ1n) is 23.2. The summed E-state index contributed by atoms with van der Waals surface area (Å²) < 4.78 is 23.3. The number of nitrogens with one attached hydrogen (secondary N) is 1. The molecule has 9 heteroatoms. The van der Waals surface area contributed by atoms with Crippen molar-refractivity contribution in [2.45, 2.75) is 225 Å². The second-order valence-electron chi connectivity index (χ2n) is 17.1. The van der Waals surface area contributed by atoms with Crippen LogP contribution in [0.2, 0.25) is 0 Å². The molecule has 0 aromatic carbocycles. The van der Waals surface area contributed by atoms with Crippen LogP contribution >= 0.6 is 7.82 Å². The number of hydrogen-bond donors (Lipinski definition) is 2. The molecule has 3 unspecified atom stereocenters. The van der Waals surface area contributed by atoms with Crippen LogP contribution in [0.15, 0.2) is 24.3 Å². The number of phosphoric ester groups is 1. The third-order valence-corrected chi connectivity index (χ3v) is 11.4. The molecule has 0 saturated heterocycles. The molecule has 2 N–H and O–H groups in total. The highest BCUT2D eigenvalue weighted by Crippen LogP contribution is 2.38. The molecule has 0 heterocycles. The normalized spacial score (nSPS) is 14.5. The topological polar surface area (TPSA) is 108 Å². The molecule has 1 amide bonds. The van der Waals surface area contributed by atoms with Crippen molar-refractivity contribution >= 4 is 13.7 Å². The first kappa shape index (κ1) is 54.0. The van der Waals surface area contributed by atoms with Crippen molar-refractivity contribution in [3.8, 4) is 0 Å². The number of carbonyl (C=O) groups excluding carboxylic acids is 1. The lowest BCUT2D eigenvalue weighted by molar-refractivity contribution is -0.870. The van der Waals surface area contributed by atoms with Crippen molar-refractivity contribution in [1.82, 2.24) is 5.32 Å². The van der Waals surface area contributed by atoms with Crippen molar-refractivity contribution in [1.29, 1.82) is 0 Å². The number of hydrogen-bond acceptors (Lipinski definition) is 6. The van der Waals surface area contributed by atoms with Gasteiger partial charge in [-0.2, -0.15) is 0 Å². The monoisotopic (exact) mass is 799 g/mol. The molecule has 0 aliphatic carbocycles. The second-order valence-corrected chi connectivity index (χ2v) is 18.6. The average molecular weight is 799 g/mol. The van der Waals surface area contributed by atoms with E-state index in [0.29, 0.717) is 23.9 Å². The fourth-order valence-electron chi connectivity index (χ4n) is 6.74. The quantitative estimate of drug-likeness (QED) is 0.0276. The van der Waals surface area contributed by atoms with E-state index in [-0.39, 0.29) is 19.1 Å². The lowest BCUT2D eigenvalue weighted by Crippen LogP contribution is -2.46. The molecule has 0 radical (unpaired) electrons. The summed E-state index contributed by atoms with van der Waals surface area (Å²) >= 11 is 0. The molecule has 0 saturated carbocycles. The molecule has 0 aromatic heterocycles. The minimum absolute atomic E-state index is 0.0103. The third-order valence-electron chi connectivity index (χ3n) is 10.5. The fraction of sp³-hybridized carbons (Fsp3) is 0.891. The summed E-state index contributed by atoms with van der Waals surface area (Å²) in [4.78, 5) is 25.3. The van der Waals surface area contributed by atoms with E-state index in [9.17, 15) is 19.4 Å². The maximum atomic E-state index is 12.9. The molecular formula is C46H91N2O6P. The standard InChI is InChI=1S/C46H91N2O6P/c1-6-8-10-12-14-16-18-20-22-23-24-26-27-29-31-33-35-37-39-45(49)44(43-54-55(51,52)53-42-41-48(3,4)5)47-46(50)40-38-36-34-32-30-28-25-21-19-17-15-13-11-9-7-2/h15,17,19,21,44-45,49H,6-14,16,18,20,22-43H2,1-5H3,(H-,47,50,51,52)/b17-15-,21-19-. The molecule has 326 valence electrons. The van der Waals surface area contributed by atoms with E-state index in [1.54, 1.807) is 0 Å². The molecule has 0 bridgehead atoms. The molecule has 0 fully saturated rings. The molecule has 0 aliphatic heterocycles. The second kappa shape index (κ2) is 38.5. The van der Waals surface area contributed by atoms with E-state index in [1.165, 1.54) is 135 Å². The Bertz CT molecular complexity index is 953. The van der Waals surface area contributed by atoms with Crippen LogP contribution in [0, 0.1) is 0 Å². The van der Waals surface area contributed by atoms with Crippen molar-refractivity contribution < 1.29 is 32.9 Å². The predicted molar refractivity (Wildman–Crippen MR) is 233 cm³/mol. The number of quaternary nitrogens is 1. The Morgan fingerprint density at radius 3 is 1.51 bits per heavy atom. The number of carbonyl (C=O) groups is 1. The number of aliphatic hydroxyl groups is 1. The molecular weight excluding hydrogens is 707 g/mol. The van der Waals surface area contributed by atoms with Gasteiger partial charge in [-0.15, -0.1) is 0 Å². The van der Waals surface area contributed by atoms with Gasteiger partial charge >= 0.3 is 0 Å². The number of rotatable bonds is 42. The molecule has 3 atom stereocenters. The lowest BCUT2D eigenvalue weighted by Gasteiger charge is -2.30. The molecule has 0 aromatic rings. The Morgan fingerprint density at radius 1 is 0.636 bits per heavy atom. The van der Waals surface area contributed by atoms with Gasteiger partial charge in [-0.1, -0.05) is 192 Å². The van der Waals surface area contributed by atoms with E-state index >= 15 is 0 Å².